The summed E-state index contributed by atoms with van der Waals surface area (Å²) in [5.74, 6) is 0.516. The molecule has 0 fully saturated rings. The number of methoxy groups -OCH3 is 1. The molecule has 0 aliphatic carbocycles. The first-order valence-electron chi connectivity index (χ1n) is 10.0. The molecule has 0 aliphatic rings. The van der Waals surface area contributed by atoms with E-state index in [0.29, 0.717) is 13.0 Å². The van der Waals surface area contributed by atoms with Gasteiger partial charge in [0, 0.05) is 29.9 Å². The SMILES string of the molecule is COc1cccc(NC(Cc2cn(CCO)c3cc(F)ccc23)c2ccccc2)c1. The van der Waals surface area contributed by atoms with Crippen molar-refractivity contribution in [2.75, 3.05) is 19.0 Å². The van der Waals surface area contributed by atoms with Crippen LogP contribution in [0, 0.1) is 5.82 Å². The molecule has 4 aromatic rings. The molecule has 0 saturated heterocycles. The Kier molecular flexibility index (Phi) is 6.00. The van der Waals surface area contributed by atoms with Gasteiger partial charge in [-0.05, 0) is 47.9 Å². The number of aliphatic hydroxyl groups excluding tert-OH is 1. The number of rotatable bonds is 8. The normalized spacial score (nSPS) is 12.1. The van der Waals surface area contributed by atoms with Crippen LogP contribution in [0.4, 0.5) is 10.1 Å². The number of ether oxygens (including phenoxy) is 1. The minimum absolute atomic E-state index is 0.00388. The summed E-state index contributed by atoms with van der Waals surface area (Å²) in [6.07, 6.45) is 2.73. The summed E-state index contributed by atoms with van der Waals surface area (Å²) >= 11 is 0. The van der Waals surface area contributed by atoms with Gasteiger partial charge in [-0.15, -0.1) is 0 Å². The Morgan fingerprint density at radius 3 is 2.63 bits per heavy atom. The van der Waals surface area contributed by atoms with Crippen LogP contribution in [0.1, 0.15) is 17.2 Å². The van der Waals surface area contributed by atoms with Crippen molar-refractivity contribution in [2.24, 2.45) is 0 Å². The first-order valence-corrected chi connectivity index (χ1v) is 10.0. The van der Waals surface area contributed by atoms with Crippen molar-refractivity contribution < 1.29 is 14.2 Å². The van der Waals surface area contributed by atoms with E-state index in [1.54, 1.807) is 7.11 Å². The predicted molar refractivity (Wildman–Crippen MR) is 118 cm³/mol. The van der Waals surface area contributed by atoms with Gasteiger partial charge in [0.15, 0.2) is 0 Å². The predicted octanol–water partition coefficient (Wildman–Crippen LogP) is 5.18. The van der Waals surface area contributed by atoms with Crippen molar-refractivity contribution in [2.45, 2.75) is 19.0 Å². The van der Waals surface area contributed by atoms with E-state index in [2.05, 4.69) is 17.4 Å². The average molecular weight is 404 g/mol. The molecule has 4 nitrogen and oxygen atoms in total. The summed E-state index contributed by atoms with van der Waals surface area (Å²) < 4.78 is 21.1. The van der Waals surface area contributed by atoms with Crippen molar-refractivity contribution >= 4 is 16.6 Å². The van der Waals surface area contributed by atoms with E-state index in [0.717, 1.165) is 33.5 Å². The van der Waals surface area contributed by atoms with Gasteiger partial charge in [-0.3, -0.25) is 0 Å². The number of fused-ring (bicyclic) bond motifs is 1. The molecule has 0 bridgehead atoms. The number of nitrogens with zero attached hydrogens (tertiary/aromatic N) is 1. The number of anilines is 1. The molecule has 0 aliphatic heterocycles. The van der Waals surface area contributed by atoms with Gasteiger partial charge >= 0.3 is 0 Å². The number of halogens is 1. The fourth-order valence-electron chi connectivity index (χ4n) is 3.87. The lowest BCUT2D eigenvalue weighted by Crippen LogP contribution is -2.13. The third-order valence-electron chi connectivity index (χ3n) is 5.30. The largest absolute Gasteiger partial charge is 0.497 e. The van der Waals surface area contributed by atoms with Crippen molar-refractivity contribution in [3.63, 3.8) is 0 Å². The second-order valence-electron chi connectivity index (χ2n) is 7.28. The molecule has 1 unspecified atom stereocenters. The molecule has 0 spiro atoms. The van der Waals surface area contributed by atoms with Crippen LogP contribution >= 0.6 is 0 Å². The molecule has 30 heavy (non-hydrogen) atoms. The second kappa shape index (κ2) is 9.01. The smallest absolute Gasteiger partial charge is 0.125 e. The van der Waals surface area contributed by atoms with Crippen LogP contribution in [-0.4, -0.2) is 23.4 Å². The maximum absolute atomic E-state index is 13.9. The molecule has 1 atom stereocenters. The summed E-state index contributed by atoms with van der Waals surface area (Å²) in [4.78, 5) is 0. The zero-order chi connectivity index (χ0) is 20.9. The van der Waals surface area contributed by atoms with Gasteiger partial charge in [-0.2, -0.15) is 0 Å². The third-order valence-corrected chi connectivity index (χ3v) is 5.30. The molecule has 2 N–H and O–H groups in total. The fraction of sp³-hybridized carbons (Fsp3) is 0.200. The molecule has 1 heterocycles. The summed E-state index contributed by atoms with van der Waals surface area (Å²) in [6, 6.07) is 23.0. The molecular weight excluding hydrogens is 379 g/mol. The van der Waals surface area contributed by atoms with Gasteiger partial charge in [-0.25, -0.2) is 4.39 Å². The van der Waals surface area contributed by atoms with E-state index < -0.39 is 0 Å². The van der Waals surface area contributed by atoms with E-state index in [1.165, 1.54) is 12.1 Å². The summed E-state index contributed by atoms with van der Waals surface area (Å²) in [5, 5.41) is 14.0. The Hall–Kier alpha value is -3.31. The van der Waals surface area contributed by atoms with Gasteiger partial charge in [0.05, 0.1) is 25.3 Å². The van der Waals surface area contributed by atoms with Crippen LogP contribution in [-0.2, 0) is 13.0 Å². The Balaban J connectivity index is 1.72. The number of hydrogen-bond donors (Lipinski definition) is 2. The van der Waals surface area contributed by atoms with E-state index in [9.17, 15) is 9.50 Å². The number of aromatic nitrogens is 1. The first-order chi connectivity index (χ1) is 14.7. The zero-order valence-electron chi connectivity index (χ0n) is 16.9. The molecule has 0 radical (unpaired) electrons. The van der Waals surface area contributed by atoms with Gasteiger partial charge in [0.2, 0.25) is 0 Å². The molecule has 4 rings (SSSR count). The third kappa shape index (κ3) is 4.31. The standard InChI is InChI=1S/C25H25FN2O2/c1-30-22-9-5-8-21(16-22)27-24(18-6-3-2-4-7-18)14-19-17-28(12-13-29)25-15-20(26)10-11-23(19)25/h2-11,15-17,24,27,29H,12-14H2,1H3. The monoisotopic (exact) mass is 404 g/mol. The van der Waals surface area contributed by atoms with Crippen LogP contribution in [0.3, 0.4) is 0 Å². The lowest BCUT2D eigenvalue weighted by Gasteiger charge is -2.21. The summed E-state index contributed by atoms with van der Waals surface area (Å²) in [7, 11) is 1.66. The van der Waals surface area contributed by atoms with E-state index in [-0.39, 0.29) is 18.5 Å². The Morgan fingerprint density at radius 1 is 1.03 bits per heavy atom. The van der Waals surface area contributed by atoms with Gasteiger partial charge < -0.3 is 19.7 Å². The van der Waals surface area contributed by atoms with Gasteiger partial charge in [-0.1, -0.05) is 36.4 Å². The van der Waals surface area contributed by atoms with Crippen LogP contribution in [0.25, 0.3) is 10.9 Å². The van der Waals surface area contributed by atoms with Crippen LogP contribution in [0.2, 0.25) is 0 Å². The van der Waals surface area contributed by atoms with Crippen molar-refractivity contribution in [1.29, 1.82) is 0 Å². The van der Waals surface area contributed by atoms with Crippen molar-refractivity contribution in [3.8, 4) is 5.75 Å². The summed E-state index contributed by atoms with van der Waals surface area (Å²) in [5.41, 5.74) is 4.02. The Bertz CT molecular complexity index is 1120. The van der Waals surface area contributed by atoms with Crippen LogP contribution in [0.5, 0.6) is 5.75 Å². The molecule has 0 amide bonds. The molecule has 1 aromatic heterocycles. The Morgan fingerprint density at radius 2 is 1.87 bits per heavy atom. The fourth-order valence-corrected chi connectivity index (χ4v) is 3.87. The highest BCUT2D eigenvalue weighted by atomic mass is 19.1. The number of hydrogen-bond acceptors (Lipinski definition) is 3. The maximum atomic E-state index is 13.9. The minimum atomic E-state index is -0.277. The lowest BCUT2D eigenvalue weighted by atomic mass is 9.98. The highest BCUT2D eigenvalue weighted by Gasteiger charge is 2.17. The van der Waals surface area contributed by atoms with Gasteiger partial charge in [0.25, 0.3) is 0 Å². The second-order valence-corrected chi connectivity index (χ2v) is 7.28. The van der Waals surface area contributed by atoms with Crippen LogP contribution in [0.15, 0.2) is 79.0 Å². The zero-order valence-corrected chi connectivity index (χ0v) is 16.9. The van der Waals surface area contributed by atoms with Gasteiger partial charge in [0.1, 0.15) is 11.6 Å². The molecular formula is C25H25FN2O2. The molecule has 3 aromatic carbocycles. The average Bonchev–Trinajstić information content (AvgIpc) is 3.10. The quantitative estimate of drug-likeness (QED) is 0.426. The topological polar surface area (TPSA) is 46.4 Å². The van der Waals surface area contributed by atoms with Crippen molar-refractivity contribution in [3.05, 3.63) is 95.9 Å². The number of benzene rings is 3. The Labute approximate surface area is 175 Å². The van der Waals surface area contributed by atoms with Crippen molar-refractivity contribution in [1.82, 2.24) is 4.57 Å². The maximum Gasteiger partial charge on any atom is 0.125 e. The minimum Gasteiger partial charge on any atom is -0.497 e. The van der Waals surface area contributed by atoms with E-state index in [1.807, 2.05) is 59.3 Å². The highest BCUT2D eigenvalue weighted by molar-refractivity contribution is 5.84. The molecule has 0 saturated carbocycles. The summed E-state index contributed by atoms with van der Waals surface area (Å²) in [6.45, 7) is 0.434. The van der Waals surface area contributed by atoms with E-state index >= 15 is 0 Å². The lowest BCUT2D eigenvalue weighted by molar-refractivity contribution is 0.278. The highest BCUT2D eigenvalue weighted by Crippen LogP contribution is 2.30. The van der Waals surface area contributed by atoms with Crippen LogP contribution < -0.4 is 10.1 Å². The first kappa shape index (κ1) is 20.0. The number of aliphatic hydroxyl groups is 1. The molecule has 154 valence electrons. The van der Waals surface area contributed by atoms with E-state index in [4.69, 9.17) is 4.74 Å². The molecule has 5 heteroatoms. The number of nitrogens with one attached hydrogen (secondary N) is 1.